The van der Waals surface area contributed by atoms with Crippen molar-refractivity contribution in [1.82, 2.24) is 15.0 Å². The van der Waals surface area contributed by atoms with Gasteiger partial charge in [-0.3, -0.25) is 0 Å². The highest BCUT2D eigenvalue weighted by Gasteiger charge is 2.02. The zero-order chi connectivity index (χ0) is 13.5. The number of hydrogen-bond acceptors (Lipinski definition) is 4. The third-order valence-electron chi connectivity index (χ3n) is 2.06. The fourth-order valence-electron chi connectivity index (χ4n) is 1.29. The van der Waals surface area contributed by atoms with E-state index < -0.39 is 0 Å². The lowest BCUT2D eigenvalue weighted by Gasteiger charge is -2.03. The lowest BCUT2D eigenvalue weighted by atomic mass is 10.3. The molecule has 2 rings (SSSR count). The molecule has 0 unspecified atom stereocenters. The zero-order valence-electron chi connectivity index (χ0n) is 9.79. The minimum absolute atomic E-state index is 0.0466. The van der Waals surface area contributed by atoms with Crippen molar-refractivity contribution in [3.8, 4) is 0 Å². The molecule has 0 saturated carbocycles. The topological polar surface area (TPSA) is 50.7 Å². The van der Waals surface area contributed by atoms with Crippen LogP contribution in [0.15, 0.2) is 54.6 Å². The Kier molecular flexibility index (Phi) is 4.89. The van der Waals surface area contributed by atoms with E-state index in [1.54, 1.807) is 0 Å². The summed E-state index contributed by atoms with van der Waals surface area (Å²) in [4.78, 5) is 11.6. The van der Waals surface area contributed by atoms with Gasteiger partial charge in [-0.2, -0.15) is 15.0 Å². The maximum absolute atomic E-state index is 5.72. The second-order valence-corrected chi connectivity index (χ2v) is 4.13. The van der Waals surface area contributed by atoms with E-state index in [1.165, 1.54) is 0 Å². The summed E-state index contributed by atoms with van der Waals surface area (Å²) < 4.78 is 0. The van der Waals surface area contributed by atoms with Crippen LogP contribution in [0.3, 0.4) is 0 Å². The molecular formula is C13H10Cl2N4. The van der Waals surface area contributed by atoms with Crippen LogP contribution in [0.5, 0.6) is 0 Å². The third kappa shape index (κ3) is 4.69. The highest BCUT2D eigenvalue weighted by Crippen LogP contribution is 2.14. The summed E-state index contributed by atoms with van der Waals surface area (Å²) in [5, 5.41) is 3.11. The van der Waals surface area contributed by atoms with Gasteiger partial charge >= 0.3 is 0 Å². The van der Waals surface area contributed by atoms with E-state index in [2.05, 4.69) is 20.3 Å². The molecule has 0 spiro atoms. The van der Waals surface area contributed by atoms with Crippen molar-refractivity contribution in [2.24, 2.45) is 0 Å². The van der Waals surface area contributed by atoms with Crippen LogP contribution in [0, 0.1) is 0 Å². The first-order valence-electron chi connectivity index (χ1n) is 5.46. The Morgan fingerprint density at radius 2 is 1.16 bits per heavy atom. The van der Waals surface area contributed by atoms with Crippen LogP contribution < -0.4 is 5.32 Å². The fraction of sp³-hybridized carbons (Fsp3) is 0. The van der Waals surface area contributed by atoms with Gasteiger partial charge in [0, 0.05) is 5.69 Å². The van der Waals surface area contributed by atoms with Crippen LogP contribution in [-0.2, 0) is 0 Å². The molecule has 0 amide bonds. The summed E-state index contributed by atoms with van der Waals surface area (Å²) in [7, 11) is 0. The van der Waals surface area contributed by atoms with Gasteiger partial charge < -0.3 is 5.32 Å². The van der Waals surface area contributed by atoms with Gasteiger partial charge in [-0.1, -0.05) is 42.5 Å². The third-order valence-corrected chi connectivity index (χ3v) is 2.39. The Bertz CT molecular complexity index is 573. The Hall–Kier alpha value is -1.91. The van der Waals surface area contributed by atoms with Gasteiger partial charge in [0.25, 0.3) is 0 Å². The normalized spacial score (nSPS) is 9.58. The minimum atomic E-state index is 0.0466. The smallest absolute Gasteiger partial charge is 0.232 e. The average molecular weight is 293 g/mol. The molecule has 1 aromatic heterocycles. The molecule has 4 nitrogen and oxygen atoms in total. The van der Waals surface area contributed by atoms with Crippen molar-refractivity contribution in [3.05, 3.63) is 65.2 Å². The van der Waals surface area contributed by atoms with Crippen molar-refractivity contribution in [1.29, 1.82) is 0 Å². The predicted molar refractivity (Wildman–Crippen MR) is 77.2 cm³/mol. The first kappa shape index (κ1) is 13.5. The molecule has 1 aromatic carbocycles. The summed E-state index contributed by atoms with van der Waals surface area (Å²) in [5.74, 6) is 0.297. The monoisotopic (exact) mass is 292 g/mol. The number of aromatic nitrogens is 3. The Morgan fingerprint density at radius 1 is 0.684 bits per heavy atom. The summed E-state index contributed by atoms with van der Waals surface area (Å²) in [6.45, 7) is 0. The lowest BCUT2D eigenvalue weighted by Crippen LogP contribution is -1.98. The molecule has 0 bridgehead atoms. The summed E-state index contributed by atoms with van der Waals surface area (Å²) >= 11 is 11.4. The van der Waals surface area contributed by atoms with Gasteiger partial charge in [0.15, 0.2) is 0 Å². The van der Waals surface area contributed by atoms with Crippen LogP contribution in [0.2, 0.25) is 10.6 Å². The Balaban J connectivity index is 2.32. The number of halogens is 2. The molecule has 0 aliphatic rings. The molecule has 1 N–H and O–H groups in total. The van der Waals surface area contributed by atoms with E-state index in [4.69, 9.17) is 23.2 Å². The van der Waals surface area contributed by atoms with E-state index in [0.717, 1.165) is 5.69 Å². The van der Waals surface area contributed by atoms with Crippen molar-refractivity contribution in [2.75, 3.05) is 5.32 Å². The Labute approximate surface area is 120 Å². The molecule has 96 valence electrons. The highest BCUT2D eigenvalue weighted by atomic mass is 35.5. The predicted octanol–water partition coefficient (Wildman–Crippen LogP) is 4.05. The van der Waals surface area contributed by atoms with Crippen LogP contribution in [0.1, 0.15) is 0 Å². The second kappa shape index (κ2) is 6.87. The van der Waals surface area contributed by atoms with Crippen molar-refractivity contribution < 1.29 is 0 Å². The summed E-state index contributed by atoms with van der Waals surface area (Å²) in [6.07, 6.45) is 0. The molecule has 0 radical (unpaired) electrons. The molecule has 0 aliphatic heterocycles. The number of rotatable bonds is 2. The quantitative estimate of drug-likeness (QED) is 0.907. The van der Waals surface area contributed by atoms with Crippen LogP contribution in [0.4, 0.5) is 11.6 Å². The van der Waals surface area contributed by atoms with Gasteiger partial charge in [0.1, 0.15) is 0 Å². The van der Waals surface area contributed by atoms with Crippen molar-refractivity contribution in [2.45, 2.75) is 0 Å². The van der Waals surface area contributed by atoms with Crippen LogP contribution in [0.25, 0.3) is 0 Å². The largest absolute Gasteiger partial charge is 0.324 e. The van der Waals surface area contributed by atoms with E-state index >= 15 is 0 Å². The number of hydrogen-bond donors (Lipinski definition) is 1. The van der Waals surface area contributed by atoms with Gasteiger partial charge in [0.2, 0.25) is 16.5 Å². The summed E-state index contributed by atoms with van der Waals surface area (Å²) in [5.41, 5.74) is 0.800. The second-order valence-electron chi connectivity index (χ2n) is 3.46. The van der Waals surface area contributed by atoms with Gasteiger partial charge in [-0.25, -0.2) is 0 Å². The Morgan fingerprint density at radius 3 is 1.68 bits per heavy atom. The standard InChI is InChI=1S/C13H10Cl2N4/c14-11-17-12(15)19-13(18-11)16-10-8-6-4-2-1-3-5-7-9-10/h1-9H,(H,16,17,18,19). The number of nitrogens with zero attached hydrogens (tertiary/aromatic N) is 3. The lowest BCUT2D eigenvalue weighted by molar-refractivity contribution is 1.05. The maximum atomic E-state index is 5.72. The van der Waals surface area contributed by atoms with Crippen molar-refractivity contribution in [3.63, 3.8) is 0 Å². The molecular weight excluding hydrogens is 283 g/mol. The van der Waals surface area contributed by atoms with E-state index in [1.807, 2.05) is 54.6 Å². The molecule has 1 heterocycles. The molecule has 6 heteroatoms. The SMILES string of the molecule is Clc1nc(Cl)nc(Nc2ccccccccc2)n1. The van der Waals surface area contributed by atoms with Crippen LogP contribution in [-0.4, -0.2) is 15.0 Å². The molecule has 0 saturated heterocycles. The van der Waals surface area contributed by atoms with E-state index in [0.29, 0.717) is 5.95 Å². The van der Waals surface area contributed by atoms with E-state index in [-0.39, 0.29) is 10.6 Å². The molecule has 0 aliphatic carbocycles. The minimum Gasteiger partial charge on any atom is -0.324 e. The van der Waals surface area contributed by atoms with Crippen LogP contribution >= 0.6 is 23.2 Å². The molecule has 0 atom stereocenters. The molecule has 0 fully saturated rings. The molecule has 2 aromatic rings. The summed E-state index contributed by atoms with van der Waals surface area (Å²) in [6, 6.07) is 17.2. The fourth-order valence-corrected chi connectivity index (χ4v) is 1.65. The van der Waals surface area contributed by atoms with Gasteiger partial charge in [0.05, 0.1) is 0 Å². The average Bonchev–Trinajstić information content (AvgIpc) is 2.36. The molecule has 19 heavy (non-hydrogen) atoms. The van der Waals surface area contributed by atoms with Gasteiger partial charge in [-0.15, -0.1) is 0 Å². The maximum Gasteiger partial charge on any atom is 0.232 e. The number of nitrogens with one attached hydrogen (secondary N) is 1. The first-order chi connectivity index (χ1) is 9.24. The zero-order valence-corrected chi connectivity index (χ0v) is 11.3. The number of anilines is 2. The van der Waals surface area contributed by atoms with Crippen molar-refractivity contribution >= 4 is 34.8 Å². The van der Waals surface area contributed by atoms with Gasteiger partial charge in [-0.05, 0) is 35.3 Å². The highest BCUT2D eigenvalue weighted by molar-refractivity contribution is 6.31. The first-order valence-corrected chi connectivity index (χ1v) is 6.22. The van der Waals surface area contributed by atoms with E-state index in [9.17, 15) is 0 Å².